The first kappa shape index (κ1) is 31.5. The van der Waals surface area contributed by atoms with Crippen LogP contribution in [0.1, 0.15) is 54.4 Å². The van der Waals surface area contributed by atoms with E-state index in [0.29, 0.717) is 13.2 Å². The molecule has 0 aromatic heterocycles. The smallest absolute Gasteiger partial charge is 0.247 e. The Kier molecular flexibility index (Phi) is 9.12. The number of aliphatic hydroxyl groups excluding tert-OH is 1. The normalized spacial score (nSPS) is 24.4. The minimum Gasteiger partial charge on any atom is -0.392 e. The first-order valence-corrected chi connectivity index (χ1v) is 16.7. The van der Waals surface area contributed by atoms with E-state index >= 15 is 0 Å². The summed E-state index contributed by atoms with van der Waals surface area (Å²) in [6.45, 7) is 5.59. The van der Waals surface area contributed by atoms with Gasteiger partial charge in [-0.15, -0.1) is 0 Å². The number of piperidine rings is 1. The Balaban J connectivity index is 1.12. The van der Waals surface area contributed by atoms with Gasteiger partial charge in [-0.05, 0) is 64.9 Å². The average Bonchev–Trinajstić information content (AvgIpc) is 3.44. The van der Waals surface area contributed by atoms with E-state index in [-0.39, 0.29) is 30.6 Å². The van der Waals surface area contributed by atoms with Crippen LogP contribution in [0.4, 0.5) is 5.69 Å². The van der Waals surface area contributed by atoms with Gasteiger partial charge in [-0.25, -0.2) is 0 Å². The Bertz CT molecular complexity index is 1670. The number of rotatable bonds is 8. The third-order valence-electron chi connectivity index (χ3n) is 10.3. The Labute approximate surface area is 277 Å². The number of carbonyl (C=O) groups excluding carboxylic acids is 1. The summed E-state index contributed by atoms with van der Waals surface area (Å²) in [5, 5.41) is 12.8. The lowest BCUT2D eigenvalue weighted by molar-refractivity contribution is -0.276. The third-order valence-corrected chi connectivity index (χ3v) is 10.3. The number of aliphatic hydroxyl groups is 1. The molecule has 3 heterocycles. The molecule has 3 fully saturated rings. The molecule has 244 valence electrons. The summed E-state index contributed by atoms with van der Waals surface area (Å²) in [7, 11) is 0. The summed E-state index contributed by atoms with van der Waals surface area (Å²) in [4.78, 5) is 18.0. The van der Waals surface area contributed by atoms with Crippen molar-refractivity contribution in [2.24, 2.45) is 11.7 Å². The highest BCUT2D eigenvalue weighted by Gasteiger charge is 2.51. The number of carbonyl (C=O) groups is 1. The third kappa shape index (κ3) is 6.32. The highest BCUT2D eigenvalue weighted by atomic mass is 16.7. The number of likely N-dealkylation sites (tertiary alicyclic amines) is 1. The Morgan fingerprint density at radius 2 is 1.57 bits per heavy atom. The lowest BCUT2D eigenvalue weighted by Crippen LogP contribution is -2.57. The molecule has 0 radical (unpaired) electrons. The Morgan fingerprint density at radius 3 is 2.30 bits per heavy atom. The second-order valence-electron chi connectivity index (χ2n) is 13.1. The summed E-state index contributed by atoms with van der Waals surface area (Å²) in [6, 6.07) is 35.0. The molecule has 47 heavy (non-hydrogen) atoms. The highest BCUT2D eigenvalue weighted by Crippen LogP contribution is 2.43. The van der Waals surface area contributed by atoms with Gasteiger partial charge in [0.25, 0.3) is 0 Å². The molecule has 0 aliphatic carbocycles. The van der Waals surface area contributed by atoms with Gasteiger partial charge in [0, 0.05) is 43.3 Å². The summed E-state index contributed by atoms with van der Waals surface area (Å²) in [5.41, 5.74) is 12.7. The molecule has 3 aliphatic rings. The summed E-state index contributed by atoms with van der Waals surface area (Å²) < 4.78 is 13.6. The zero-order valence-corrected chi connectivity index (χ0v) is 26.9. The van der Waals surface area contributed by atoms with Crippen LogP contribution in [0.25, 0.3) is 11.1 Å². The number of hydrogen-bond donors (Lipinski definition) is 3. The molecule has 3 saturated heterocycles. The SMILES string of the molecule is CC1C(CN2CCC3(CC2)C(=O)NCN3c2ccccc2)OC(c2cccc(-c3cccc(CN)c3)c2)OC1c1ccc(CO)cc1. The van der Waals surface area contributed by atoms with Crippen molar-refractivity contribution in [2.45, 2.75) is 57.0 Å². The van der Waals surface area contributed by atoms with E-state index in [2.05, 4.69) is 82.7 Å². The molecule has 4 aromatic rings. The van der Waals surface area contributed by atoms with Gasteiger partial charge in [-0.2, -0.15) is 0 Å². The van der Waals surface area contributed by atoms with Crippen molar-refractivity contribution in [3.05, 3.63) is 125 Å². The second-order valence-corrected chi connectivity index (χ2v) is 13.1. The highest BCUT2D eigenvalue weighted by molar-refractivity contribution is 5.93. The standard InChI is InChI=1S/C39H44N4O4/c1-27-35(24-42-19-17-39(18-20-42)38(45)41-26-43(39)34-11-3-2-4-12-34)46-37(47-36(27)30-15-13-28(25-44)14-16-30)33-10-6-9-32(22-33)31-8-5-7-29(21-31)23-40/h2-16,21-22,27,35-37,44H,17-20,23-26,40H2,1H3,(H,41,45). The Morgan fingerprint density at radius 1 is 0.851 bits per heavy atom. The van der Waals surface area contributed by atoms with E-state index in [0.717, 1.165) is 71.5 Å². The van der Waals surface area contributed by atoms with Gasteiger partial charge in [0.2, 0.25) is 5.91 Å². The molecule has 1 amide bonds. The number of para-hydroxylation sites is 1. The van der Waals surface area contributed by atoms with Crippen molar-refractivity contribution in [1.82, 2.24) is 10.2 Å². The summed E-state index contributed by atoms with van der Waals surface area (Å²) in [6.07, 6.45) is 0.662. The first-order chi connectivity index (χ1) is 23.0. The number of hydrogen-bond acceptors (Lipinski definition) is 7. The molecular weight excluding hydrogens is 588 g/mol. The summed E-state index contributed by atoms with van der Waals surface area (Å²) >= 11 is 0. The van der Waals surface area contributed by atoms with Crippen LogP contribution in [0, 0.1) is 5.92 Å². The van der Waals surface area contributed by atoms with Crippen LogP contribution in [0.5, 0.6) is 0 Å². The van der Waals surface area contributed by atoms with Gasteiger partial charge in [0.05, 0.1) is 25.5 Å². The zero-order valence-electron chi connectivity index (χ0n) is 26.9. The first-order valence-electron chi connectivity index (χ1n) is 16.7. The van der Waals surface area contributed by atoms with Crippen LogP contribution in [0.3, 0.4) is 0 Å². The molecule has 7 rings (SSSR count). The minimum atomic E-state index is -0.554. The molecule has 0 saturated carbocycles. The van der Waals surface area contributed by atoms with Crippen molar-refractivity contribution in [1.29, 1.82) is 0 Å². The van der Waals surface area contributed by atoms with E-state index in [1.54, 1.807) is 0 Å². The van der Waals surface area contributed by atoms with Gasteiger partial charge < -0.3 is 35.4 Å². The zero-order chi connectivity index (χ0) is 32.4. The van der Waals surface area contributed by atoms with E-state index in [9.17, 15) is 9.90 Å². The number of nitrogens with zero attached hydrogens (tertiary/aromatic N) is 2. The number of nitrogens with one attached hydrogen (secondary N) is 1. The van der Waals surface area contributed by atoms with E-state index in [1.807, 2.05) is 42.5 Å². The molecule has 4 N–H and O–H groups in total. The fraction of sp³-hybridized carbons (Fsp3) is 0.359. The van der Waals surface area contributed by atoms with Crippen molar-refractivity contribution < 1.29 is 19.4 Å². The molecule has 0 bridgehead atoms. The van der Waals surface area contributed by atoms with Crippen molar-refractivity contribution in [3.8, 4) is 11.1 Å². The molecule has 3 aliphatic heterocycles. The van der Waals surface area contributed by atoms with Crippen LogP contribution in [-0.2, 0) is 27.4 Å². The number of ether oxygens (including phenoxy) is 2. The van der Waals surface area contributed by atoms with Crippen molar-refractivity contribution in [2.75, 3.05) is 31.2 Å². The van der Waals surface area contributed by atoms with Crippen LogP contribution in [0.2, 0.25) is 0 Å². The molecule has 4 unspecified atom stereocenters. The molecule has 4 aromatic carbocycles. The van der Waals surface area contributed by atoms with Crippen molar-refractivity contribution >= 4 is 11.6 Å². The van der Waals surface area contributed by atoms with E-state index in [4.69, 9.17) is 15.2 Å². The van der Waals surface area contributed by atoms with Gasteiger partial charge in [0.15, 0.2) is 6.29 Å². The van der Waals surface area contributed by atoms with Gasteiger partial charge in [-0.1, -0.05) is 85.8 Å². The lowest BCUT2D eigenvalue weighted by Gasteiger charge is -2.46. The maximum atomic E-state index is 13.3. The van der Waals surface area contributed by atoms with Gasteiger partial charge in [-0.3, -0.25) is 4.79 Å². The number of amides is 1. The quantitative estimate of drug-likeness (QED) is 0.235. The maximum absolute atomic E-state index is 13.3. The van der Waals surface area contributed by atoms with Crippen LogP contribution in [0.15, 0.2) is 103 Å². The lowest BCUT2D eigenvalue weighted by atomic mass is 9.84. The summed E-state index contributed by atoms with van der Waals surface area (Å²) in [5.74, 6) is 0.196. The topological polar surface area (TPSA) is 100 Å². The number of benzene rings is 4. The number of anilines is 1. The average molecular weight is 633 g/mol. The van der Waals surface area contributed by atoms with Crippen LogP contribution in [-0.4, -0.2) is 53.9 Å². The predicted molar refractivity (Wildman–Crippen MR) is 183 cm³/mol. The molecule has 1 spiro atoms. The van der Waals surface area contributed by atoms with Gasteiger partial charge in [0.1, 0.15) is 5.54 Å². The Hall–Kier alpha value is -4.05. The molecular formula is C39H44N4O4. The largest absolute Gasteiger partial charge is 0.392 e. The molecule has 4 atom stereocenters. The number of nitrogens with two attached hydrogens (primary N) is 1. The fourth-order valence-corrected chi connectivity index (χ4v) is 7.46. The van der Waals surface area contributed by atoms with E-state index in [1.165, 1.54) is 0 Å². The van der Waals surface area contributed by atoms with Gasteiger partial charge >= 0.3 is 0 Å². The molecule has 8 nitrogen and oxygen atoms in total. The second kappa shape index (κ2) is 13.6. The fourth-order valence-electron chi connectivity index (χ4n) is 7.46. The monoisotopic (exact) mass is 632 g/mol. The van der Waals surface area contributed by atoms with E-state index < -0.39 is 11.8 Å². The predicted octanol–water partition coefficient (Wildman–Crippen LogP) is 5.52. The van der Waals surface area contributed by atoms with Crippen LogP contribution < -0.4 is 16.0 Å². The molecule has 8 heteroatoms. The minimum absolute atomic E-state index is 0.00401. The maximum Gasteiger partial charge on any atom is 0.247 e. The van der Waals surface area contributed by atoms with Crippen molar-refractivity contribution in [3.63, 3.8) is 0 Å². The van der Waals surface area contributed by atoms with Crippen LogP contribution >= 0.6 is 0 Å².